The van der Waals surface area contributed by atoms with Gasteiger partial charge < -0.3 is 66.2 Å². The van der Waals surface area contributed by atoms with E-state index in [1.807, 2.05) is 20.8 Å². The molecule has 0 aromatic carbocycles. The van der Waals surface area contributed by atoms with E-state index in [2.05, 4.69) is 16.0 Å². The molecule has 1 unspecified atom stereocenters. The number of hydrogen-bond donors (Lipinski definition) is 7. The average Bonchev–Trinajstić information content (AvgIpc) is 3.43. The summed E-state index contributed by atoms with van der Waals surface area (Å²) in [6.45, 7) is 6.53. The zero-order valence-electron chi connectivity index (χ0n) is 32.5. The molecule has 18 nitrogen and oxygen atoms in total. The minimum atomic E-state index is -1.81. The largest absolute Gasteiger partial charge is 0.456 e. The van der Waals surface area contributed by atoms with Gasteiger partial charge >= 0.3 is 5.97 Å². The fourth-order valence-corrected chi connectivity index (χ4v) is 6.75. The highest BCUT2D eigenvalue weighted by Crippen LogP contribution is 2.34. The van der Waals surface area contributed by atoms with Crippen LogP contribution in [0.1, 0.15) is 97.8 Å². The first kappa shape index (κ1) is 45.6. The van der Waals surface area contributed by atoms with Gasteiger partial charge in [0.15, 0.2) is 24.2 Å². The van der Waals surface area contributed by atoms with E-state index >= 15 is 0 Å². The second-order valence-electron chi connectivity index (χ2n) is 13.9. The Hall–Kier alpha value is -3.81. The highest BCUT2D eigenvalue weighted by molar-refractivity contribution is 5.95. The van der Waals surface area contributed by atoms with E-state index in [0.717, 1.165) is 57.4 Å². The molecule has 0 aliphatic carbocycles. The van der Waals surface area contributed by atoms with Crippen molar-refractivity contribution < 1.29 is 57.9 Å². The van der Waals surface area contributed by atoms with E-state index in [1.165, 1.54) is 19.4 Å². The summed E-state index contributed by atoms with van der Waals surface area (Å²) in [4.78, 5) is 65.3. The van der Waals surface area contributed by atoms with Crippen molar-refractivity contribution in [2.45, 2.75) is 159 Å². The second-order valence-corrected chi connectivity index (χ2v) is 13.9. The number of nitrogens with one attached hydrogen (secondary N) is 3. The van der Waals surface area contributed by atoms with E-state index in [4.69, 9.17) is 35.2 Å². The Kier molecular flexibility index (Phi) is 19.3. The van der Waals surface area contributed by atoms with Crippen LogP contribution >= 0.6 is 0 Å². The van der Waals surface area contributed by atoms with Gasteiger partial charge in [-0.2, -0.15) is 0 Å². The van der Waals surface area contributed by atoms with Gasteiger partial charge in [-0.25, -0.2) is 0 Å². The number of primary amides is 1. The molecule has 4 aliphatic heterocycles. The van der Waals surface area contributed by atoms with Gasteiger partial charge in [0.2, 0.25) is 24.0 Å². The molecule has 0 aromatic rings. The highest BCUT2D eigenvalue weighted by Gasteiger charge is 2.55. The summed E-state index contributed by atoms with van der Waals surface area (Å²) in [7, 11) is 1.31. The molecule has 4 rings (SSSR count). The number of esters is 1. The topological polar surface area (TPSA) is 263 Å². The van der Waals surface area contributed by atoms with E-state index in [1.54, 1.807) is 4.90 Å². The Morgan fingerprint density at radius 3 is 2.33 bits per heavy atom. The number of unbranched alkanes of at least 4 members (excludes halogenated alkanes) is 7. The van der Waals surface area contributed by atoms with E-state index < -0.39 is 78.7 Å². The van der Waals surface area contributed by atoms with Crippen LogP contribution in [0.15, 0.2) is 24.1 Å². The summed E-state index contributed by atoms with van der Waals surface area (Å²) in [6, 6.07) is -0.928. The van der Waals surface area contributed by atoms with Gasteiger partial charge in [0, 0.05) is 31.8 Å². The van der Waals surface area contributed by atoms with Crippen molar-refractivity contribution >= 4 is 29.6 Å². The zero-order valence-corrected chi connectivity index (χ0v) is 32.5. The number of methoxy groups -OCH3 is 1. The Balaban J connectivity index is 0.00000399. The molecule has 0 bridgehead atoms. The molecule has 0 radical (unpaired) electrons. The highest BCUT2D eigenvalue weighted by atomic mass is 16.7. The molecule has 0 saturated carbocycles. The molecule has 9 N–H and O–H groups in total. The van der Waals surface area contributed by atoms with Crippen LogP contribution in [0.2, 0.25) is 0 Å². The van der Waals surface area contributed by atoms with Gasteiger partial charge in [-0.3, -0.25) is 24.0 Å². The molecule has 18 heteroatoms. The third-order valence-electron chi connectivity index (χ3n) is 9.70. The van der Waals surface area contributed by atoms with Crippen molar-refractivity contribution in [1.29, 1.82) is 0 Å². The number of ether oxygens (including phenoxy) is 5. The van der Waals surface area contributed by atoms with Gasteiger partial charge in [-0.1, -0.05) is 52.4 Å². The standard InChI is InChI=1S/C35H56N6O12.C2H6/c1-20-12-11-13-21(32(47)39-20)40-33(48)23-18-22(42)26(45)35(50-23)53-29(31(37)46)28-27(49-2)30(34(52-28)41-17-15-24(43)38-19-41)51-25(44)14-9-7-5-3-4-6-8-10-16-36;1-2/h15,17-18,20-22,26-30,34-35,42,45H,3-14,16,19,36H2,1-2H3,(H2,37,46)(H,38,43)(H,39,47)(H,40,48);1-2H3/t20-,21+,22+,26+,27-,28?,29-,30-,34-,35-;/m1./s1. The summed E-state index contributed by atoms with van der Waals surface area (Å²) < 4.78 is 29.3. The van der Waals surface area contributed by atoms with Crippen molar-refractivity contribution in [2.75, 3.05) is 20.3 Å². The summed E-state index contributed by atoms with van der Waals surface area (Å²) in [5, 5.41) is 29.5. The van der Waals surface area contributed by atoms with E-state index in [0.29, 0.717) is 25.8 Å². The van der Waals surface area contributed by atoms with Crippen molar-refractivity contribution in [1.82, 2.24) is 20.9 Å². The molecule has 4 aliphatic rings. The number of nitrogens with zero attached hydrogens (tertiary/aromatic N) is 1. The second kappa shape index (κ2) is 23.3. The van der Waals surface area contributed by atoms with Crippen LogP contribution in [0.5, 0.6) is 0 Å². The zero-order chi connectivity index (χ0) is 40.5. The average molecular weight is 783 g/mol. The van der Waals surface area contributed by atoms with Crippen molar-refractivity contribution in [3.63, 3.8) is 0 Å². The molecule has 4 amide bonds. The molecule has 312 valence electrons. The quantitative estimate of drug-likeness (QED) is 0.0675. The maximum Gasteiger partial charge on any atom is 0.306 e. The lowest BCUT2D eigenvalue weighted by molar-refractivity contribution is -0.241. The molecule has 10 atom stereocenters. The van der Waals surface area contributed by atoms with Gasteiger partial charge in [0.25, 0.3) is 5.91 Å². The Bertz CT molecular complexity index is 1330. The summed E-state index contributed by atoms with van der Waals surface area (Å²) in [5.41, 5.74) is 11.3. The lowest BCUT2D eigenvalue weighted by Gasteiger charge is -2.35. The van der Waals surface area contributed by atoms with E-state index in [-0.39, 0.29) is 30.9 Å². The Morgan fingerprint density at radius 1 is 1.04 bits per heavy atom. The van der Waals surface area contributed by atoms with Gasteiger partial charge in [0.1, 0.15) is 30.5 Å². The van der Waals surface area contributed by atoms with Gasteiger partial charge in [-0.15, -0.1) is 0 Å². The first-order chi connectivity index (χ1) is 26.4. The number of nitrogens with two attached hydrogens (primary N) is 2. The number of carbonyl (C=O) groups excluding carboxylic acids is 5. The number of aliphatic hydroxyl groups excluding tert-OH is 2. The Labute approximate surface area is 323 Å². The minimum Gasteiger partial charge on any atom is -0.456 e. The number of rotatable bonds is 19. The number of carbonyl (C=O) groups is 5. The van der Waals surface area contributed by atoms with Crippen molar-refractivity contribution in [2.24, 2.45) is 11.5 Å². The molecule has 55 heavy (non-hydrogen) atoms. The maximum atomic E-state index is 13.2. The van der Waals surface area contributed by atoms with Crippen LogP contribution in [-0.4, -0.2) is 126 Å². The minimum absolute atomic E-state index is 0.0254. The lowest BCUT2D eigenvalue weighted by atomic mass is 10.0. The summed E-state index contributed by atoms with van der Waals surface area (Å²) >= 11 is 0. The van der Waals surface area contributed by atoms with Crippen LogP contribution in [0, 0.1) is 0 Å². The first-order valence-electron chi connectivity index (χ1n) is 19.5. The fraction of sp³-hybridized carbons (Fsp3) is 0.757. The molecule has 2 fully saturated rings. The van der Waals surface area contributed by atoms with Crippen LogP contribution < -0.4 is 27.4 Å². The Morgan fingerprint density at radius 2 is 1.71 bits per heavy atom. The third-order valence-corrected chi connectivity index (χ3v) is 9.70. The smallest absolute Gasteiger partial charge is 0.306 e. The van der Waals surface area contributed by atoms with Gasteiger partial charge in [0.05, 0.1) is 6.67 Å². The lowest BCUT2D eigenvalue weighted by Crippen LogP contribution is -2.54. The normalized spacial score (nSPS) is 29.7. The van der Waals surface area contributed by atoms with Crippen LogP contribution in [0.4, 0.5) is 0 Å². The van der Waals surface area contributed by atoms with Crippen molar-refractivity contribution in [3.8, 4) is 0 Å². The number of hydrogen-bond acceptors (Lipinski definition) is 14. The fourth-order valence-electron chi connectivity index (χ4n) is 6.75. The summed E-state index contributed by atoms with van der Waals surface area (Å²) in [6.07, 6.45) is 1.67. The monoisotopic (exact) mass is 782 g/mol. The number of amides is 4. The molecule has 0 aromatic heterocycles. The molecule has 4 heterocycles. The molecule has 2 saturated heterocycles. The van der Waals surface area contributed by atoms with E-state index in [9.17, 15) is 34.2 Å². The molecular weight excluding hydrogens is 720 g/mol. The predicted octanol–water partition coefficient (Wildman–Crippen LogP) is 0.0428. The molecular formula is C37H62N6O12. The first-order valence-corrected chi connectivity index (χ1v) is 19.5. The van der Waals surface area contributed by atoms with Gasteiger partial charge in [-0.05, 0) is 51.6 Å². The molecule has 0 spiro atoms. The van der Waals surface area contributed by atoms with Crippen LogP contribution in [0.3, 0.4) is 0 Å². The number of aliphatic hydroxyl groups is 2. The predicted molar refractivity (Wildman–Crippen MR) is 198 cm³/mol. The summed E-state index contributed by atoms with van der Waals surface area (Å²) in [5.74, 6) is -3.64. The van der Waals surface area contributed by atoms with Crippen LogP contribution in [-0.2, 0) is 47.7 Å². The third kappa shape index (κ3) is 13.4. The van der Waals surface area contributed by atoms with Crippen molar-refractivity contribution in [3.05, 3.63) is 24.1 Å². The van der Waals surface area contributed by atoms with Crippen LogP contribution in [0.25, 0.3) is 0 Å². The maximum absolute atomic E-state index is 13.2. The SMILES string of the molecule is CC.CO[C@@H]1C([C@@H](O[C@H]2OC(C(=O)N[C@H]3CCC[C@@H](C)NC3=O)=C[C@H](O)[C@@H]2O)C(N)=O)O[C@@H](N2C=CC(=O)NC2)[C@@H]1OC(=O)CCCCCCCCCCN.